The molecule has 1 aliphatic carbocycles. The lowest BCUT2D eigenvalue weighted by molar-refractivity contribution is 0.104. The average Bonchev–Trinajstić information content (AvgIpc) is 3.31. The van der Waals surface area contributed by atoms with Crippen LogP contribution in [0.4, 0.5) is 0 Å². The Hall–Kier alpha value is -1.72. The molecule has 24 heavy (non-hydrogen) atoms. The maximum Gasteiger partial charge on any atom is 0.0736 e. The summed E-state index contributed by atoms with van der Waals surface area (Å²) in [5.41, 5.74) is 3.89. The third kappa shape index (κ3) is 3.68. The van der Waals surface area contributed by atoms with Crippen molar-refractivity contribution in [3.8, 4) is 0 Å². The summed E-state index contributed by atoms with van der Waals surface area (Å²) in [5, 5.41) is 4.90. The van der Waals surface area contributed by atoms with Gasteiger partial charge in [0.15, 0.2) is 0 Å². The molecule has 2 aliphatic rings. The van der Waals surface area contributed by atoms with Crippen molar-refractivity contribution in [2.75, 3.05) is 19.8 Å². The zero-order valence-electron chi connectivity index (χ0n) is 14.4. The van der Waals surface area contributed by atoms with Crippen LogP contribution < -0.4 is 0 Å². The summed E-state index contributed by atoms with van der Waals surface area (Å²) < 4.78 is 7.92. The Bertz CT molecular complexity index is 665. The Labute approximate surface area is 143 Å². The quantitative estimate of drug-likeness (QED) is 0.785. The zero-order valence-corrected chi connectivity index (χ0v) is 14.4. The lowest BCUT2D eigenvalue weighted by atomic mass is 9.97. The van der Waals surface area contributed by atoms with Gasteiger partial charge in [-0.1, -0.05) is 6.07 Å². The smallest absolute Gasteiger partial charge is 0.0736 e. The molecule has 0 amide bonds. The van der Waals surface area contributed by atoms with E-state index in [-0.39, 0.29) is 0 Å². The second-order valence-electron chi connectivity index (χ2n) is 7.09. The molecule has 0 unspecified atom stereocenters. The lowest BCUT2D eigenvalue weighted by Gasteiger charge is -2.31. The van der Waals surface area contributed by atoms with Crippen molar-refractivity contribution in [1.29, 1.82) is 0 Å². The van der Waals surface area contributed by atoms with E-state index >= 15 is 0 Å². The predicted molar refractivity (Wildman–Crippen MR) is 92.5 cm³/mol. The Morgan fingerprint density at radius 3 is 3.00 bits per heavy atom. The van der Waals surface area contributed by atoms with Crippen molar-refractivity contribution in [2.24, 2.45) is 5.92 Å². The second kappa shape index (κ2) is 7.03. The summed E-state index contributed by atoms with van der Waals surface area (Å²) in [6, 6.07) is 4.16. The van der Waals surface area contributed by atoms with E-state index in [9.17, 15) is 0 Å². The monoisotopic (exact) mass is 326 g/mol. The molecule has 1 fully saturated rings. The van der Waals surface area contributed by atoms with Gasteiger partial charge in [-0.15, -0.1) is 0 Å². The number of pyridine rings is 1. The summed E-state index contributed by atoms with van der Waals surface area (Å²) in [6.07, 6.45) is 8.78. The van der Waals surface area contributed by atoms with Crippen LogP contribution in [-0.4, -0.2) is 39.4 Å². The largest absolute Gasteiger partial charge is 0.381 e. The van der Waals surface area contributed by atoms with Crippen LogP contribution in [0, 0.1) is 5.92 Å². The van der Waals surface area contributed by atoms with Gasteiger partial charge in [0.1, 0.15) is 0 Å². The Kier molecular flexibility index (Phi) is 4.63. The van der Waals surface area contributed by atoms with Gasteiger partial charge in [-0.2, -0.15) is 5.10 Å². The van der Waals surface area contributed by atoms with Crippen LogP contribution in [0.25, 0.3) is 0 Å². The first-order valence-corrected chi connectivity index (χ1v) is 9.07. The van der Waals surface area contributed by atoms with Gasteiger partial charge in [0.2, 0.25) is 0 Å². The highest BCUT2D eigenvalue weighted by atomic mass is 16.5. The van der Waals surface area contributed by atoms with E-state index in [0.29, 0.717) is 5.92 Å². The van der Waals surface area contributed by atoms with Crippen LogP contribution in [0.5, 0.6) is 0 Å². The van der Waals surface area contributed by atoms with Gasteiger partial charge in [0.05, 0.1) is 12.3 Å². The Balaban J connectivity index is 1.51. The standard InChI is InChI=1S/C19H26N4O/c1-2-24-14-18-12-22(9-16-4-3-7-20-8-16)11-17-13-23(21-19(17)18)10-15-5-6-15/h3-4,7-8,13,15,18H,2,5-6,9-12,14H2,1H3/t18-/m1/s1. The fraction of sp³-hybridized carbons (Fsp3) is 0.579. The molecule has 3 heterocycles. The Morgan fingerprint density at radius 1 is 1.33 bits per heavy atom. The van der Waals surface area contributed by atoms with Gasteiger partial charge < -0.3 is 4.74 Å². The topological polar surface area (TPSA) is 43.2 Å². The maximum absolute atomic E-state index is 5.74. The summed E-state index contributed by atoms with van der Waals surface area (Å²) in [5.74, 6) is 1.22. The summed E-state index contributed by atoms with van der Waals surface area (Å²) in [4.78, 5) is 6.73. The van der Waals surface area contributed by atoms with Gasteiger partial charge in [-0.3, -0.25) is 14.6 Å². The molecule has 0 bridgehead atoms. The van der Waals surface area contributed by atoms with Crippen molar-refractivity contribution in [2.45, 2.75) is 45.3 Å². The molecule has 2 aromatic rings. The highest BCUT2D eigenvalue weighted by Gasteiger charge is 2.30. The third-order valence-electron chi connectivity index (χ3n) is 4.92. The lowest BCUT2D eigenvalue weighted by Crippen LogP contribution is -2.34. The summed E-state index contributed by atoms with van der Waals surface area (Å²) in [7, 11) is 0. The van der Waals surface area contributed by atoms with Crippen LogP contribution >= 0.6 is 0 Å². The summed E-state index contributed by atoms with van der Waals surface area (Å²) in [6.45, 7) is 7.56. The van der Waals surface area contributed by atoms with Crippen molar-refractivity contribution in [3.63, 3.8) is 0 Å². The fourth-order valence-corrected chi connectivity index (χ4v) is 3.57. The molecule has 0 radical (unpaired) electrons. The number of rotatable bonds is 7. The van der Waals surface area contributed by atoms with E-state index in [1.54, 1.807) is 0 Å². The number of nitrogens with zero attached hydrogens (tertiary/aromatic N) is 4. The maximum atomic E-state index is 5.74. The highest BCUT2D eigenvalue weighted by molar-refractivity contribution is 5.25. The van der Waals surface area contributed by atoms with E-state index in [4.69, 9.17) is 9.84 Å². The molecule has 2 aromatic heterocycles. The van der Waals surface area contributed by atoms with Gasteiger partial charge in [0, 0.05) is 62.9 Å². The van der Waals surface area contributed by atoms with Crippen LogP contribution in [0.15, 0.2) is 30.7 Å². The highest BCUT2D eigenvalue weighted by Crippen LogP contribution is 2.33. The minimum Gasteiger partial charge on any atom is -0.381 e. The van der Waals surface area contributed by atoms with E-state index in [1.165, 1.54) is 29.7 Å². The minimum absolute atomic E-state index is 0.367. The van der Waals surface area contributed by atoms with Gasteiger partial charge >= 0.3 is 0 Å². The van der Waals surface area contributed by atoms with Crippen LogP contribution in [0.3, 0.4) is 0 Å². The SMILES string of the molecule is CCOC[C@H]1CN(Cc2cccnc2)Cc2cn(CC3CC3)nc21. The van der Waals surface area contributed by atoms with Gasteiger partial charge in [0.25, 0.3) is 0 Å². The zero-order chi connectivity index (χ0) is 16.4. The van der Waals surface area contributed by atoms with Crippen LogP contribution in [0.2, 0.25) is 0 Å². The first-order valence-electron chi connectivity index (χ1n) is 9.07. The first kappa shape index (κ1) is 15.8. The van der Waals surface area contributed by atoms with Crippen molar-refractivity contribution in [3.05, 3.63) is 47.5 Å². The van der Waals surface area contributed by atoms with Gasteiger partial charge in [-0.25, -0.2) is 0 Å². The van der Waals surface area contributed by atoms with Crippen LogP contribution in [-0.2, 0) is 24.4 Å². The molecule has 1 aliphatic heterocycles. The molecular weight excluding hydrogens is 300 g/mol. The van der Waals surface area contributed by atoms with Crippen LogP contribution in [0.1, 0.15) is 42.5 Å². The molecule has 0 saturated heterocycles. The fourth-order valence-electron chi connectivity index (χ4n) is 3.57. The van der Waals surface area contributed by atoms with E-state index in [0.717, 1.165) is 45.3 Å². The molecule has 5 heteroatoms. The molecule has 4 rings (SSSR count). The van der Waals surface area contributed by atoms with Crippen molar-refractivity contribution in [1.82, 2.24) is 19.7 Å². The van der Waals surface area contributed by atoms with Gasteiger partial charge in [-0.05, 0) is 37.3 Å². The normalized spacial score (nSPS) is 21.0. The minimum atomic E-state index is 0.367. The average molecular weight is 326 g/mol. The Morgan fingerprint density at radius 2 is 2.25 bits per heavy atom. The predicted octanol–water partition coefficient (Wildman–Crippen LogP) is 2.82. The van der Waals surface area contributed by atoms with Crippen molar-refractivity contribution < 1.29 is 4.74 Å². The number of hydrogen-bond donors (Lipinski definition) is 0. The molecule has 0 aromatic carbocycles. The molecule has 128 valence electrons. The second-order valence-corrected chi connectivity index (χ2v) is 7.09. The van der Waals surface area contributed by atoms with E-state index < -0.39 is 0 Å². The molecule has 1 saturated carbocycles. The van der Waals surface area contributed by atoms with Crippen molar-refractivity contribution >= 4 is 0 Å². The molecule has 1 atom stereocenters. The molecule has 0 N–H and O–H groups in total. The van der Waals surface area contributed by atoms with E-state index in [1.807, 2.05) is 18.5 Å². The molecular formula is C19H26N4O. The molecule has 0 spiro atoms. The number of fused-ring (bicyclic) bond motifs is 1. The number of ether oxygens (including phenoxy) is 1. The van der Waals surface area contributed by atoms with E-state index in [2.05, 4.69) is 33.8 Å². The number of aromatic nitrogens is 3. The molecule has 5 nitrogen and oxygen atoms in total. The summed E-state index contributed by atoms with van der Waals surface area (Å²) >= 11 is 0. The first-order chi connectivity index (χ1) is 11.8. The third-order valence-corrected chi connectivity index (χ3v) is 4.92. The number of hydrogen-bond acceptors (Lipinski definition) is 4.